The monoisotopic (exact) mass is 448 g/mol. The molecule has 2 N–H and O–H groups in total. The summed E-state index contributed by atoms with van der Waals surface area (Å²) >= 11 is 0. The molecule has 4 rings (SSSR count). The van der Waals surface area contributed by atoms with E-state index in [0.717, 1.165) is 15.8 Å². The minimum Gasteiger partial charge on any atom is -0.497 e. The molecule has 0 radical (unpaired) electrons. The lowest BCUT2D eigenvalue weighted by Gasteiger charge is -2.14. The molecule has 3 amide bonds. The number of carbonyl (C=O) groups is 4. The fourth-order valence-corrected chi connectivity index (χ4v) is 4.12. The summed E-state index contributed by atoms with van der Waals surface area (Å²) in [6.45, 7) is 0. The molecule has 3 aromatic rings. The van der Waals surface area contributed by atoms with Crippen molar-refractivity contribution < 1.29 is 28.3 Å². The third-order valence-electron chi connectivity index (χ3n) is 5.78. The van der Waals surface area contributed by atoms with E-state index in [1.54, 1.807) is 43.5 Å². The summed E-state index contributed by atoms with van der Waals surface area (Å²) in [5.74, 6) is -0.479. The van der Waals surface area contributed by atoms with E-state index < -0.39 is 5.91 Å². The molecular formula is C25H24N2O6. The Morgan fingerprint density at radius 3 is 2.52 bits per heavy atom. The smallest absolute Gasteiger partial charge is 0.284 e. The Hall–Kier alpha value is -3.94. The van der Waals surface area contributed by atoms with Crippen LogP contribution in [0.2, 0.25) is 0 Å². The zero-order valence-corrected chi connectivity index (χ0v) is 18.3. The van der Waals surface area contributed by atoms with E-state index in [0.29, 0.717) is 48.3 Å². The SMILES string of the molecule is COc1ccc2c(CCCCC(=O)c3cccc(N4C(=O)CCC4=O)c3)c(C(N)=O)oc2c1. The van der Waals surface area contributed by atoms with E-state index in [4.69, 9.17) is 14.9 Å². The Bertz CT molecular complexity index is 1240. The number of unbranched alkanes of at least 4 members (excludes halogenated alkanes) is 1. The summed E-state index contributed by atoms with van der Waals surface area (Å²) < 4.78 is 10.8. The average molecular weight is 448 g/mol. The molecule has 8 nitrogen and oxygen atoms in total. The molecule has 0 bridgehead atoms. The number of anilines is 1. The number of ether oxygens (including phenoxy) is 1. The summed E-state index contributed by atoms with van der Waals surface area (Å²) in [6.07, 6.45) is 2.45. The molecule has 1 aromatic heterocycles. The molecule has 1 fully saturated rings. The number of Topliss-reactive ketones (excluding diaryl/α,β-unsaturated/α-hetero) is 1. The molecule has 0 spiro atoms. The van der Waals surface area contributed by atoms with Crippen LogP contribution in [0.1, 0.15) is 58.6 Å². The van der Waals surface area contributed by atoms with Gasteiger partial charge in [-0.2, -0.15) is 0 Å². The van der Waals surface area contributed by atoms with Crippen molar-refractivity contribution in [3.8, 4) is 5.75 Å². The highest BCUT2D eigenvalue weighted by Crippen LogP contribution is 2.30. The van der Waals surface area contributed by atoms with Crippen molar-refractivity contribution in [1.29, 1.82) is 0 Å². The van der Waals surface area contributed by atoms with Crippen molar-refractivity contribution in [2.45, 2.75) is 38.5 Å². The standard InChI is InChI=1S/C25H24N2O6/c1-32-17-9-10-18-19(24(25(26)31)33-21(18)14-17)7-2-3-8-20(28)15-5-4-6-16(13-15)27-22(29)11-12-23(27)30/h4-6,9-10,13-14H,2-3,7-8,11-12H2,1H3,(H2,26,31). The maximum atomic E-state index is 12.7. The number of furan rings is 1. The predicted molar refractivity (Wildman–Crippen MR) is 121 cm³/mol. The molecule has 170 valence electrons. The van der Waals surface area contributed by atoms with Gasteiger partial charge in [0.1, 0.15) is 11.3 Å². The van der Waals surface area contributed by atoms with Crippen molar-refractivity contribution in [2.75, 3.05) is 12.0 Å². The minimum absolute atomic E-state index is 0.0761. The van der Waals surface area contributed by atoms with E-state index in [2.05, 4.69) is 0 Å². The maximum Gasteiger partial charge on any atom is 0.284 e. The molecule has 33 heavy (non-hydrogen) atoms. The highest BCUT2D eigenvalue weighted by atomic mass is 16.5. The second kappa shape index (κ2) is 9.28. The van der Waals surface area contributed by atoms with Crippen LogP contribution in [0.5, 0.6) is 5.75 Å². The zero-order chi connectivity index (χ0) is 23.5. The Balaban J connectivity index is 1.41. The Morgan fingerprint density at radius 2 is 1.82 bits per heavy atom. The number of benzene rings is 2. The number of primary amides is 1. The van der Waals surface area contributed by atoms with Gasteiger partial charge in [0.2, 0.25) is 11.8 Å². The van der Waals surface area contributed by atoms with Crippen molar-refractivity contribution >= 4 is 40.2 Å². The molecule has 0 aliphatic carbocycles. The van der Waals surface area contributed by atoms with Gasteiger partial charge in [-0.3, -0.25) is 24.1 Å². The summed E-state index contributed by atoms with van der Waals surface area (Å²) in [7, 11) is 1.55. The molecule has 2 heterocycles. The number of carbonyl (C=O) groups excluding carboxylic acids is 4. The molecule has 0 unspecified atom stereocenters. The number of rotatable bonds is 9. The van der Waals surface area contributed by atoms with Crippen molar-refractivity contribution in [3.05, 3.63) is 59.4 Å². The first-order valence-corrected chi connectivity index (χ1v) is 10.8. The fraction of sp³-hybridized carbons (Fsp3) is 0.280. The number of imide groups is 1. The van der Waals surface area contributed by atoms with Gasteiger partial charge in [-0.05, 0) is 43.5 Å². The molecule has 0 saturated carbocycles. The van der Waals surface area contributed by atoms with E-state index >= 15 is 0 Å². The molecule has 1 aliphatic heterocycles. The number of aryl methyl sites for hydroxylation is 1. The molecule has 2 aromatic carbocycles. The number of hydrogen-bond donors (Lipinski definition) is 1. The number of amides is 3. The summed E-state index contributed by atoms with van der Waals surface area (Å²) in [6, 6.07) is 11.9. The number of nitrogens with two attached hydrogens (primary N) is 1. The topological polar surface area (TPSA) is 120 Å². The van der Waals surface area contributed by atoms with Crippen LogP contribution in [0, 0.1) is 0 Å². The van der Waals surface area contributed by atoms with Crippen LogP contribution >= 0.6 is 0 Å². The lowest BCUT2D eigenvalue weighted by Crippen LogP contribution is -2.28. The third kappa shape index (κ3) is 4.50. The normalized spacial score (nSPS) is 13.7. The van der Waals surface area contributed by atoms with Gasteiger partial charge in [0.05, 0.1) is 12.8 Å². The molecular weight excluding hydrogens is 424 g/mol. The second-order valence-corrected chi connectivity index (χ2v) is 7.94. The highest BCUT2D eigenvalue weighted by molar-refractivity contribution is 6.20. The van der Waals surface area contributed by atoms with Crippen LogP contribution in [0.15, 0.2) is 46.9 Å². The van der Waals surface area contributed by atoms with Gasteiger partial charge >= 0.3 is 0 Å². The van der Waals surface area contributed by atoms with Crippen molar-refractivity contribution in [2.24, 2.45) is 5.73 Å². The number of methoxy groups -OCH3 is 1. The average Bonchev–Trinajstić information content (AvgIpc) is 3.35. The van der Waals surface area contributed by atoms with Crippen LogP contribution in [-0.4, -0.2) is 30.6 Å². The van der Waals surface area contributed by atoms with Gasteiger partial charge in [-0.15, -0.1) is 0 Å². The summed E-state index contributed by atoms with van der Waals surface area (Å²) in [4.78, 5) is 49.6. The molecule has 0 atom stereocenters. The fourth-order valence-electron chi connectivity index (χ4n) is 4.12. The van der Waals surface area contributed by atoms with E-state index in [1.807, 2.05) is 6.07 Å². The van der Waals surface area contributed by atoms with Gasteiger partial charge in [0.15, 0.2) is 11.5 Å². The first-order chi connectivity index (χ1) is 15.9. The minimum atomic E-state index is -0.640. The predicted octanol–water partition coefficient (Wildman–Crippen LogP) is 3.79. The largest absolute Gasteiger partial charge is 0.497 e. The van der Waals surface area contributed by atoms with Gasteiger partial charge in [0.25, 0.3) is 5.91 Å². The summed E-state index contributed by atoms with van der Waals surface area (Å²) in [5, 5.41) is 0.795. The van der Waals surface area contributed by atoms with E-state index in [9.17, 15) is 19.2 Å². The Morgan fingerprint density at radius 1 is 1.06 bits per heavy atom. The van der Waals surface area contributed by atoms with Gasteiger partial charge in [-0.1, -0.05) is 12.1 Å². The molecule has 1 saturated heterocycles. The quantitative estimate of drug-likeness (QED) is 0.302. The Labute approximate surface area is 190 Å². The van der Waals surface area contributed by atoms with Crippen molar-refractivity contribution in [1.82, 2.24) is 0 Å². The Kier molecular flexibility index (Phi) is 6.26. The number of nitrogens with zero attached hydrogens (tertiary/aromatic N) is 1. The first kappa shape index (κ1) is 22.3. The number of hydrogen-bond acceptors (Lipinski definition) is 6. The molecule has 8 heteroatoms. The van der Waals surface area contributed by atoms with Crippen LogP contribution in [0.25, 0.3) is 11.0 Å². The van der Waals surface area contributed by atoms with Crippen LogP contribution in [0.4, 0.5) is 5.69 Å². The van der Waals surface area contributed by atoms with Gasteiger partial charge in [0, 0.05) is 41.8 Å². The van der Waals surface area contributed by atoms with Crippen LogP contribution in [-0.2, 0) is 16.0 Å². The number of fused-ring (bicyclic) bond motifs is 1. The van der Waals surface area contributed by atoms with E-state index in [1.165, 1.54) is 0 Å². The third-order valence-corrected chi connectivity index (χ3v) is 5.78. The lowest BCUT2D eigenvalue weighted by atomic mass is 10.00. The highest BCUT2D eigenvalue weighted by Gasteiger charge is 2.30. The molecule has 1 aliphatic rings. The van der Waals surface area contributed by atoms with Crippen LogP contribution < -0.4 is 15.4 Å². The maximum absolute atomic E-state index is 12.7. The zero-order valence-electron chi connectivity index (χ0n) is 18.3. The van der Waals surface area contributed by atoms with Gasteiger partial charge < -0.3 is 14.9 Å². The lowest BCUT2D eigenvalue weighted by molar-refractivity contribution is -0.121. The number of ketones is 1. The second-order valence-electron chi connectivity index (χ2n) is 7.94. The van der Waals surface area contributed by atoms with E-state index in [-0.39, 0.29) is 36.2 Å². The van der Waals surface area contributed by atoms with Crippen LogP contribution in [0.3, 0.4) is 0 Å². The van der Waals surface area contributed by atoms with Crippen molar-refractivity contribution in [3.63, 3.8) is 0 Å². The van der Waals surface area contributed by atoms with Gasteiger partial charge in [-0.25, -0.2) is 0 Å². The summed E-state index contributed by atoms with van der Waals surface area (Å²) in [5.41, 5.74) is 7.63. The first-order valence-electron chi connectivity index (χ1n) is 10.8.